The van der Waals surface area contributed by atoms with E-state index >= 15 is 0 Å². The Kier molecular flexibility index (Phi) is 7.05. The van der Waals surface area contributed by atoms with Gasteiger partial charge in [0.05, 0.1) is 18.7 Å². The van der Waals surface area contributed by atoms with Gasteiger partial charge in [-0.2, -0.15) is 5.26 Å². The zero-order chi connectivity index (χ0) is 28.4. The van der Waals surface area contributed by atoms with Crippen molar-refractivity contribution in [3.8, 4) is 22.9 Å². The number of hydrogen-bond acceptors (Lipinski definition) is 7. The fraction of sp³-hybridized carbons (Fsp3) is 0.233. The predicted octanol–water partition coefficient (Wildman–Crippen LogP) is 5.56. The number of benzene rings is 2. The number of halogens is 1. The first-order chi connectivity index (χ1) is 19.1. The number of rotatable bonds is 5. The number of nitrogens with one attached hydrogen (secondary N) is 1. The van der Waals surface area contributed by atoms with Crippen molar-refractivity contribution >= 4 is 28.9 Å². The molecule has 1 saturated heterocycles. The lowest BCUT2D eigenvalue weighted by Gasteiger charge is -2.39. The highest BCUT2D eigenvalue weighted by Crippen LogP contribution is 2.34. The fourth-order valence-corrected chi connectivity index (χ4v) is 4.15. The summed E-state index contributed by atoms with van der Waals surface area (Å²) in [5.74, 6) is -0.416. The van der Waals surface area contributed by atoms with Crippen LogP contribution in [0.4, 0.5) is 15.0 Å². The van der Waals surface area contributed by atoms with E-state index in [2.05, 4.69) is 15.3 Å². The van der Waals surface area contributed by atoms with Gasteiger partial charge in [0.15, 0.2) is 5.65 Å². The number of hydrogen-bond donors (Lipinski definition) is 1. The molecule has 0 saturated carbocycles. The zero-order valence-corrected chi connectivity index (χ0v) is 22.1. The van der Waals surface area contributed by atoms with Crippen molar-refractivity contribution in [1.82, 2.24) is 14.9 Å². The first-order valence-corrected chi connectivity index (χ1v) is 12.6. The minimum Gasteiger partial charge on any atom is -0.486 e. The summed E-state index contributed by atoms with van der Waals surface area (Å²) in [6, 6.07) is 18.1. The summed E-state index contributed by atoms with van der Waals surface area (Å²) < 4.78 is 26.0. The Balaban J connectivity index is 1.39. The Labute approximate surface area is 230 Å². The molecule has 0 bridgehead atoms. The standard InChI is InChI=1S/C30H26FN5O4/c1-30(2,3)40-29(38)36-16-22(17-36)39-25-14-20(8-10-23(25)19-6-7-21(15-32)24(31)13-19)28(37)35-26-11-9-18-5-4-12-33-27(18)34-26/h4-14,22H,16-17H2,1-3H3,(H,33,34,35,37). The minimum absolute atomic E-state index is 0.0772. The van der Waals surface area contributed by atoms with Crippen molar-refractivity contribution in [2.24, 2.45) is 0 Å². The molecule has 2 aromatic heterocycles. The Bertz CT molecular complexity index is 1650. The van der Waals surface area contributed by atoms with Crippen LogP contribution in [0.1, 0.15) is 36.7 Å². The molecule has 0 aliphatic carbocycles. The first-order valence-electron chi connectivity index (χ1n) is 12.6. The van der Waals surface area contributed by atoms with E-state index in [9.17, 15) is 14.0 Å². The second-order valence-electron chi connectivity index (χ2n) is 10.3. The van der Waals surface area contributed by atoms with Gasteiger partial charge in [-0.25, -0.2) is 19.2 Å². The molecule has 1 fully saturated rings. The normalized spacial score (nSPS) is 13.3. The van der Waals surface area contributed by atoms with Crippen LogP contribution in [0.25, 0.3) is 22.2 Å². The number of fused-ring (bicyclic) bond motifs is 1. The molecular weight excluding hydrogens is 513 g/mol. The van der Waals surface area contributed by atoms with Crippen LogP contribution in [0.5, 0.6) is 5.75 Å². The van der Waals surface area contributed by atoms with Gasteiger partial charge in [0.2, 0.25) is 0 Å². The molecule has 0 atom stereocenters. The SMILES string of the molecule is CC(C)(C)OC(=O)N1CC(Oc2cc(C(=O)Nc3ccc4cccnc4n3)ccc2-c2ccc(C#N)c(F)c2)C1. The van der Waals surface area contributed by atoms with E-state index in [1.165, 1.54) is 17.0 Å². The minimum atomic E-state index is -0.663. The van der Waals surface area contributed by atoms with Gasteiger partial charge in [0.25, 0.3) is 5.91 Å². The van der Waals surface area contributed by atoms with E-state index in [1.807, 2.05) is 18.2 Å². The highest BCUT2D eigenvalue weighted by atomic mass is 19.1. The van der Waals surface area contributed by atoms with Gasteiger partial charge >= 0.3 is 6.09 Å². The van der Waals surface area contributed by atoms with Crippen molar-refractivity contribution in [2.45, 2.75) is 32.5 Å². The van der Waals surface area contributed by atoms with E-state index in [-0.39, 0.29) is 11.7 Å². The maximum Gasteiger partial charge on any atom is 0.410 e. The second-order valence-corrected chi connectivity index (χ2v) is 10.3. The topological polar surface area (TPSA) is 117 Å². The van der Waals surface area contributed by atoms with Crippen LogP contribution < -0.4 is 10.1 Å². The van der Waals surface area contributed by atoms with Crippen LogP contribution in [0.15, 0.2) is 66.9 Å². The average Bonchev–Trinajstić information content (AvgIpc) is 2.89. The molecule has 202 valence electrons. The molecule has 2 aromatic carbocycles. The summed E-state index contributed by atoms with van der Waals surface area (Å²) in [7, 11) is 0. The molecule has 1 N–H and O–H groups in total. The summed E-state index contributed by atoms with van der Waals surface area (Å²) in [6.45, 7) is 5.97. The Morgan fingerprint density at radius 1 is 1.10 bits per heavy atom. The van der Waals surface area contributed by atoms with Gasteiger partial charge in [-0.15, -0.1) is 0 Å². The van der Waals surface area contributed by atoms with Crippen molar-refractivity contribution in [3.05, 3.63) is 83.8 Å². The van der Waals surface area contributed by atoms with Gasteiger partial charge < -0.3 is 19.7 Å². The molecule has 40 heavy (non-hydrogen) atoms. The van der Waals surface area contributed by atoms with E-state index in [0.717, 1.165) is 5.39 Å². The van der Waals surface area contributed by atoms with Crippen molar-refractivity contribution in [1.29, 1.82) is 5.26 Å². The number of nitriles is 1. The van der Waals surface area contributed by atoms with Crippen LogP contribution in [-0.4, -0.2) is 51.7 Å². The monoisotopic (exact) mass is 539 g/mol. The summed E-state index contributed by atoms with van der Waals surface area (Å²) in [4.78, 5) is 35.6. The van der Waals surface area contributed by atoms with E-state index in [0.29, 0.717) is 47.0 Å². The molecule has 2 amide bonds. The van der Waals surface area contributed by atoms with Crippen molar-refractivity contribution in [3.63, 3.8) is 0 Å². The van der Waals surface area contributed by atoms with E-state index in [1.54, 1.807) is 63.4 Å². The number of pyridine rings is 2. The molecule has 5 rings (SSSR count). The zero-order valence-electron chi connectivity index (χ0n) is 22.1. The van der Waals surface area contributed by atoms with Gasteiger partial charge in [0.1, 0.15) is 35.2 Å². The van der Waals surface area contributed by atoms with Crippen LogP contribution in [0.3, 0.4) is 0 Å². The highest BCUT2D eigenvalue weighted by molar-refractivity contribution is 6.04. The largest absolute Gasteiger partial charge is 0.486 e. The number of anilines is 1. The lowest BCUT2D eigenvalue weighted by atomic mass is 10.0. The predicted molar refractivity (Wildman–Crippen MR) is 146 cm³/mol. The van der Waals surface area contributed by atoms with E-state index < -0.39 is 23.4 Å². The number of ether oxygens (including phenoxy) is 2. The van der Waals surface area contributed by atoms with Crippen LogP contribution in [0.2, 0.25) is 0 Å². The first kappa shape index (κ1) is 26.6. The molecule has 0 radical (unpaired) electrons. The number of carbonyl (C=O) groups excluding carboxylic acids is 2. The summed E-state index contributed by atoms with van der Waals surface area (Å²) in [5, 5.41) is 12.7. The molecule has 1 aliphatic heterocycles. The summed E-state index contributed by atoms with van der Waals surface area (Å²) in [6.07, 6.45) is 0.827. The molecule has 4 aromatic rings. The number of amides is 2. The Morgan fingerprint density at radius 2 is 1.90 bits per heavy atom. The Hall–Kier alpha value is -5.04. The third kappa shape index (κ3) is 5.83. The number of likely N-dealkylation sites (tertiary alicyclic amines) is 1. The lowest BCUT2D eigenvalue weighted by molar-refractivity contribution is -0.0220. The third-order valence-electron chi connectivity index (χ3n) is 6.14. The number of aromatic nitrogens is 2. The summed E-state index contributed by atoms with van der Waals surface area (Å²) in [5.41, 5.74) is 1.11. The smallest absolute Gasteiger partial charge is 0.410 e. The molecule has 9 nitrogen and oxygen atoms in total. The van der Waals surface area contributed by atoms with Gasteiger partial charge in [-0.3, -0.25) is 4.79 Å². The molecule has 0 spiro atoms. The van der Waals surface area contributed by atoms with Crippen molar-refractivity contribution in [2.75, 3.05) is 18.4 Å². The molecule has 0 unspecified atom stereocenters. The second kappa shape index (κ2) is 10.6. The number of carbonyl (C=O) groups is 2. The maximum absolute atomic E-state index is 14.4. The summed E-state index contributed by atoms with van der Waals surface area (Å²) >= 11 is 0. The molecule has 1 aliphatic rings. The van der Waals surface area contributed by atoms with Crippen LogP contribution in [0, 0.1) is 17.1 Å². The van der Waals surface area contributed by atoms with Crippen LogP contribution in [-0.2, 0) is 4.74 Å². The third-order valence-corrected chi connectivity index (χ3v) is 6.14. The van der Waals surface area contributed by atoms with Gasteiger partial charge in [-0.1, -0.05) is 6.07 Å². The van der Waals surface area contributed by atoms with E-state index in [4.69, 9.17) is 14.7 Å². The maximum atomic E-state index is 14.4. The van der Waals surface area contributed by atoms with Gasteiger partial charge in [0, 0.05) is 22.7 Å². The Morgan fingerprint density at radius 3 is 2.62 bits per heavy atom. The van der Waals surface area contributed by atoms with Gasteiger partial charge in [-0.05, 0) is 80.9 Å². The van der Waals surface area contributed by atoms with Crippen LogP contribution >= 0.6 is 0 Å². The fourth-order valence-electron chi connectivity index (χ4n) is 4.15. The molecular formula is C30H26FN5O4. The highest BCUT2D eigenvalue weighted by Gasteiger charge is 2.35. The number of nitrogens with zero attached hydrogens (tertiary/aromatic N) is 4. The lowest BCUT2D eigenvalue weighted by Crippen LogP contribution is -2.57. The molecule has 3 heterocycles. The molecule has 10 heteroatoms. The quantitative estimate of drug-likeness (QED) is 0.353. The van der Waals surface area contributed by atoms with Crippen molar-refractivity contribution < 1.29 is 23.5 Å². The average molecular weight is 540 g/mol.